The number of fused-ring (bicyclic) bond motifs is 1. The maximum Gasteiger partial charge on any atom is 0.326 e. The average molecular weight is 281 g/mol. The number of hydrogen-bond acceptors (Lipinski definition) is 3. The highest BCUT2D eigenvalue weighted by Crippen LogP contribution is 2.28. The third-order valence-corrected chi connectivity index (χ3v) is 3.51. The largest absolute Gasteiger partial charge is 0.480 e. The number of benzene rings is 2. The van der Waals surface area contributed by atoms with Crippen molar-refractivity contribution in [3.63, 3.8) is 0 Å². The van der Waals surface area contributed by atoms with Gasteiger partial charge in [-0.2, -0.15) is 0 Å². The fourth-order valence-electron chi connectivity index (χ4n) is 2.38. The number of imidazole rings is 1. The number of carboxylic acids is 1. The second-order valence-corrected chi connectivity index (χ2v) is 4.93. The average Bonchev–Trinajstić information content (AvgIpc) is 2.86. The summed E-state index contributed by atoms with van der Waals surface area (Å²) in [4.78, 5) is 16.0. The van der Waals surface area contributed by atoms with Gasteiger partial charge < -0.3 is 15.4 Å². The van der Waals surface area contributed by atoms with Crippen molar-refractivity contribution in [3.05, 3.63) is 48.5 Å². The van der Waals surface area contributed by atoms with Crippen LogP contribution >= 0.6 is 0 Å². The van der Waals surface area contributed by atoms with Gasteiger partial charge in [-0.15, -0.1) is 0 Å². The summed E-state index contributed by atoms with van der Waals surface area (Å²) >= 11 is 0. The molecular weight excluding hydrogens is 266 g/mol. The highest BCUT2D eigenvalue weighted by atomic mass is 16.4. The van der Waals surface area contributed by atoms with Crippen LogP contribution < -0.4 is 5.73 Å². The van der Waals surface area contributed by atoms with Crippen LogP contribution in [0.5, 0.6) is 0 Å². The lowest BCUT2D eigenvalue weighted by molar-refractivity contribution is -0.140. The van der Waals surface area contributed by atoms with Crippen molar-refractivity contribution in [1.29, 1.82) is 0 Å². The van der Waals surface area contributed by atoms with Gasteiger partial charge in [0, 0.05) is 11.3 Å². The van der Waals surface area contributed by atoms with Crippen LogP contribution in [0.2, 0.25) is 0 Å². The third kappa shape index (κ3) is 2.23. The smallest absolute Gasteiger partial charge is 0.326 e. The highest BCUT2D eigenvalue weighted by molar-refractivity contribution is 5.84. The first-order valence-electron chi connectivity index (χ1n) is 6.63. The molecule has 1 heterocycles. The van der Waals surface area contributed by atoms with Gasteiger partial charge in [0.15, 0.2) is 0 Å². The van der Waals surface area contributed by atoms with Crippen molar-refractivity contribution in [3.8, 4) is 11.4 Å². The maximum atomic E-state index is 11.4. The minimum absolute atomic E-state index is 0.631. The van der Waals surface area contributed by atoms with Crippen LogP contribution in [-0.4, -0.2) is 20.6 Å². The van der Waals surface area contributed by atoms with Crippen LogP contribution in [0.4, 0.5) is 5.69 Å². The minimum Gasteiger partial charge on any atom is -0.480 e. The van der Waals surface area contributed by atoms with Crippen molar-refractivity contribution in [1.82, 2.24) is 9.55 Å². The molecule has 0 saturated heterocycles. The number of aliphatic carboxylic acids is 1. The molecule has 0 radical (unpaired) electrons. The Morgan fingerprint density at radius 3 is 2.52 bits per heavy atom. The van der Waals surface area contributed by atoms with E-state index < -0.39 is 12.0 Å². The molecule has 0 amide bonds. The van der Waals surface area contributed by atoms with E-state index in [4.69, 9.17) is 5.73 Å². The quantitative estimate of drug-likeness (QED) is 0.723. The Kier molecular flexibility index (Phi) is 3.10. The van der Waals surface area contributed by atoms with Crippen LogP contribution in [0.1, 0.15) is 13.0 Å². The predicted molar refractivity (Wildman–Crippen MR) is 81.9 cm³/mol. The maximum absolute atomic E-state index is 11.4. The van der Waals surface area contributed by atoms with Gasteiger partial charge in [0.05, 0.1) is 11.0 Å². The van der Waals surface area contributed by atoms with E-state index in [2.05, 4.69) is 4.98 Å². The monoisotopic (exact) mass is 281 g/mol. The molecule has 5 nitrogen and oxygen atoms in total. The van der Waals surface area contributed by atoms with Crippen molar-refractivity contribution in [2.24, 2.45) is 0 Å². The first-order chi connectivity index (χ1) is 10.1. The Labute approximate surface area is 121 Å². The fraction of sp³-hybridized carbons (Fsp3) is 0.125. The molecule has 21 heavy (non-hydrogen) atoms. The van der Waals surface area contributed by atoms with E-state index in [1.807, 2.05) is 36.4 Å². The van der Waals surface area contributed by atoms with E-state index in [0.29, 0.717) is 11.5 Å². The van der Waals surface area contributed by atoms with Crippen LogP contribution in [0.15, 0.2) is 48.5 Å². The van der Waals surface area contributed by atoms with Gasteiger partial charge in [0.1, 0.15) is 11.9 Å². The molecule has 5 heteroatoms. The zero-order chi connectivity index (χ0) is 15.0. The van der Waals surface area contributed by atoms with Crippen molar-refractivity contribution in [2.45, 2.75) is 13.0 Å². The molecule has 1 unspecified atom stereocenters. The molecule has 0 fully saturated rings. The molecule has 106 valence electrons. The standard InChI is InChI=1S/C16H15N3O2/c1-10(16(20)21)19-14-5-3-2-4-13(14)18-15(19)11-6-8-12(17)9-7-11/h2-10H,17H2,1H3,(H,20,21). The van der Waals surface area contributed by atoms with Gasteiger partial charge >= 0.3 is 5.97 Å². The number of nitrogens with zero attached hydrogens (tertiary/aromatic N) is 2. The Morgan fingerprint density at radius 1 is 1.19 bits per heavy atom. The Morgan fingerprint density at radius 2 is 1.86 bits per heavy atom. The van der Waals surface area contributed by atoms with Gasteiger partial charge in [-0.05, 0) is 43.3 Å². The molecule has 0 aliphatic heterocycles. The van der Waals surface area contributed by atoms with Gasteiger partial charge in [-0.1, -0.05) is 12.1 Å². The Balaban J connectivity index is 2.28. The summed E-state index contributed by atoms with van der Waals surface area (Å²) in [6.45, 7) is 1.65. The first kappa shape index (κ1) is 13.2. The summed E-state index contributed by atoms with van der Waals surface area (Å²) in [7, 11) is 0. The molecule has 1 aromatic heterocycles. The van der Waals surface area contributed by atoms with E-state index in [9.17, 15) is 9.90 Å². The van der Waals surface area contributed by atoms with Gasteiger partial charge in [-0.3, -0.25) is 0 Å². The van der Waals surface area contributed by atoms with E-state index in [1.165, 1.54) is 0 Å². The lowest BCUT2D eigenvalue weighted by Gasteiger charge is -2.13. The number of anilines is 1. The minimum atomic E-state index is -0.894. The Hall–Kier alpha value is -2.82. The molecule has 0 saturated carbocycles. The SMILES string of the molecule is CC(C(=O)O)n1c(-c2ccc(N)cc2)nc2ccccc21. The number of nitrogen functional groups attached to an aromatic ring is 1. The van der Waals surface area contributed by atoms with Crippen molar-refractivity contribution in [2.75, 3.05) is 5.73 Å². The predicted octanol–water partition coefficient (Wildman–Crippen LogP) is 2.93. The fourth-order valence-corrected chi connectivity index (χ4v) is 2.38. The molecular formula is C16H15N3O2. The zero-order valence-electron chi connectivity index (χ0n) is 11.5. The molecule has 3 N–H and O–H groups in total. The van der Waals surface area contributed by atoms with Gasteiger partial charge in [0.25, 0.3) is 0 Å². The number of aromatic nitrogens is 2. The third-order valence-electron chi connectivity index (χ3n) is 3.51. The normalized spacial score (nSPS) is 12.4. The summed E-state index contributed by atoms with van der Waals surface area (Å²) in [5.41, 5.74) is 8.79. The second-order valence-electron chi connectivity index (χ2n) is 4.93. The first-order valence-corrected chi connectivity index (χ1v) is 6.63. The summed E-state index contributed by atoms with van der Waals surface area (Å²) < 4.78 is 1.74. The zero-order valence-corrected chi connectivity index (χ0v) is 11.5. The summed E-state index contributed by atoms with van der Waals surface area (Å²) in [5, 5.41) is 9.36. The van der Waals surface area contributed by atoms with Gasteiger partial charge in [0.2, 0.25) is 0 Å². The van der Waals surface area contributed by atoms with Crippen LogP contribution in [0.3, 0.4) is 0 Å². The summed E-state index contributed by atoms with van der Waals surface area (Å²) in [6.07, 6.45) is 0. The number of carbonyl (C=O) groups is 1. The summed E-state index contributed by atoms with van der Waals surface area (Å²) in [6, 6.07) is 14.1. The topological polar surface area (TPSA) is 81.1 Å². The van der Waals surface area contributed by atoms with Crippen LogP contribution in [0, 0.1) is 0 Å². The number of hydrogen-bond donors (Lipinski definition) is 2. The summed E-state index contributed by atoms with van der Waals surface area (Å²) in [5.74, 6) is -0.263. The molecule has 1 atom stereocenters. The molecule has 0 aliphatic carbocycles. The molecule has 0 spiro atoms. The molecule has 2 aromatic carbocycles. The van der Waals surface area contributed by atoms with E-state index in [-0.39, 0.29) is 0 Å². The van der Waals surface area contributed by atoms with Crippen LogP contribution in [0.25, 0.3) is 22.4 Å². The van der Waals surface area contributed by atoms with E-state index >= 15 is 0 Å². The number of rotatable bonds is 3. The van der Waals surface area contributed by atoms with E-state index in [1.54, 1.807) is 23.6 Å². The number of carboxylic acid groups (broad SMARTS) is 1. The molecule has 0 bridgehead atoms. The molecule has 0 aliphatic rings. The number of nitrogens with two attached hydrogens (primary N) is 1. The highest BCUT2D eigenvalue weighted by Gasteiger charge is 2.21. The lowest BCUT2D eigenvalue weighted by Crippen LogP contribution is -2.16. The molecule has 3 rings (SSSR count). The van der Waals surface area contributed by atoms with E-state index in [0.717, 1.165) is 16.6 Å². The lowest BCUT2D eigenvalue weighted by atomic mass is 10.2. The second kappa shape index (κ2) is 4.94. The number of para-hydroxylation sites is 2. The van der Waals surface area contributed by atoms with Crippen molar-refractivity contribution >= 4 is 22.7 Å². The molecule has 3 aromatic rings. The van der Waals surface area contributed by atoms with Crippen molar-refractivity contribution < 1.29 is 9.90 Å². The van der Waals surface area contributed by atoms with Gasteiger partial charge in [-0.25, -0.2) is 9.78 Å². The Bertz CT molecular complexity index is 806. The van der Waals surface area contributed by atoms with Crippen LogP contribution in [-0.2, 0) is 4.79 Å².